The minimum atomic E-state index is -3.67. The summed E-state index contributed by atoms with van der Waals surface area (Å²) in [4.78, 5) is 13.0. The van der Waals surface area contributed by atoms with E-state index in [2.05, 4.69) is 5.32 Å². The number of carbonyl (C=O) groups excluding carboxylic acids is 1. The Labute approximate surface area is 172 Å². The molecular formula is C21H27ClN2O3S. The zero-order chi connectivity index (χ0) is 21.1. The van der Waals surface area contributed by atoms with Crippen LogP contribution in [0.2, 0.25) is 5.02 Å². The van der Waals surface area contributed by atoms with E-state index in [9.17, 15) is 13.2 Å². The average molecular weight is 423 g/mol. The Morgan fingerprint density at radius 1 is 1.14 bits per heavy atom. The van der Waals surface area contributed by atoms with Crippen molar-refractivity contribution < 1.29 is 13.2 Å². The predicted octanol–water partition coefficient (Wildman–Crippen LogP) is 4.38. The lowest BCUT2D eigenvalue weighted by Gasteiger charge is -2.31. The highest BCUT2D eigenvalue weighted by atomic mass is 35.5. The van der Waals surface area contributed by atoms with Gasteiger partial charge in [0.25, 0.3) is 0 Å². The molecule has 0 heterocycles. The van der Waals surface area contributed by atoms with E-state index in [4.69, 9.17) is 11.6 Å². The van der Waals surface area contributed by atoms with Gasteiger partial charge in [0.2, 0.25) is 15.9 Å². The van der Waals surface area contributed by atoms with Crippen LogP contribution in [0.3, 0.4) is 0 Å². The first-order valence-electron chi connectivity index (χ1n) is 9.17. The van der Waals surface area contributed by atoms with Crippen molar-refractivity contribution in [1.82, 2.24) is 5.32 Å². The number of sulfonamides is 1. The highest BCUT2D eigenvalue weighted by molar-refractivity contribution is 7.92. The molecule has 1 N–H and O–H groups in total. The largest absolute Gasteiger partial charge is 0.348 e. The smallest absolute Gasteiger partial charge is 0.244 e. The molecule has 0 saturated carbocycles. The summed E-state index contributed by atoms with van der Waals surface area (Å²) < 4.78 is 26.1. The second-order valence-electron chi connectivity index (χ2n) is 7.05. The van der Waals surface area contributed by atoms with Gasteiger partial charge in [-0.3, -0.25) is 9.10 Å². The van der Waals surface area contributed by atoms with E-state index >= 15 is 0 Å². The van der Waals surface area contributed by atoms with Crippen molar-refractivity contribution in [2.75, 3.05) is 10.6 Å². The maximum atomic E-state index is 13.0. The van der Waals surface area contributed by atoms with Gasteiger partial charge in [0.05, 0.1) is 18.0 Å². The summed E-state index contributed by atoms with van der Waals surface area (Å²) in [5.41, 5.74) is 3.60. The molecule has 1 amide bonds. The lowest BCUT2D eigenvalue weighted by Crippen LogP contribution is -2.49. The molecule has 0 aliphatic carbocycles. The van der Waals surface area contributed by atoms with Crippen LogP contribution in [0.25, 0.3) is 0 Å². The normalized spacial score (nSPS) is 13.6. The number of hydrogen-bond donors (Lipinski definition) is 1. The number of amides is 1. The Kier molecular flexibility index (Phi) is 7.12. The van der Waals surface area contributed by atoms with Crippen LogP contribution in [-0.4, -0.2) is 26.6 Å². The van der Waals surface area contributed by atoms with Crippen LogP contribution in [0.15, 0.2) is 42.5 Å². The van der Waals surface area contributed by atoms with Crippen molar-refractivity contribution in [3.8, 4) is 0 Å². The molecule has 0 aliphatic rings. The lowest BCUT2D eigenvalue weighted by molar-refractivity contribution is -0.122. The standard InChI is InChI=1S/C21H27ClN2O3S/c1-6-20(24(28(5,26)27)18-11-9-17(22)10-12-18)21(25)23-16(4)19-13-14(2)7-8-15(19)3/h7-13,16,20H,6H2,1-5H3,(H,23,25)/t16-,20+/m1/s1. The fourth-order valence-electron chi connectivity index (χ4n) is 3.26. The van der Waals surface area contributed by atoms with E-state index in [0.717, 1.165) is 27.3 Å². The third-order valence-electron chi connectivity index (χ3n) is 4.67. The van der Waals surface area contributed by atoms with E-state index in [-0.39, 0.29) is 11.9 Å². The Bertz CT molecular complexity index is 943. The molecule has 5 nitrogen and oxygen atoms in total. The summed E-state index contributed by atoms with van der Waals surface area (Å²) in [5, 5.41) is 3.48. The Balaban J connectivity index is 2.33. The van der Waals surface area contributed by atoms with Crippen molar-refractivity contribution >= 4 is 33.2 Å². The van der Waals surface area contributed by atoms with Gasteiger partial charge < -0.3 is 5.32 Å². The molecule has 2 aromatic rings. The molecule has 0 bridgehead atoms. The summed E-state index contributed by atoms with van der Waals surface area (Å²) in [6.45, 7) is 7.68. The highest BCUT2D eigenvalue weighted by Gasteiger charge is 2.32. The molecule has 2 aromatic carbocycles. The molecule has 2 atom stereocenters. The maximum Gasteiger partial charge on any atom is 0.244 e. The van der Waals surface area contributed by atoms with Gasteiger partial charge in [-0.05, 0) is 62.6 Å². The van der Waals surface area contributed by atoms with Gasteiger partial charge in [-0.1, -0.05) is 42.3 Å². The Morgan fingerprint density at radius 3 is 2.29 bits per heavy atom. The first kappa shape index (κ1) is 22.2. The highest BCUT2D eigenvalue weighted by Crippen LogP contribution is 2.25. The Hall–Kier alpha value is -2.05. The summed E-state index contributed by atoms with van der Waals surface area (Å²) >= 11 is 5.92. The van der Waals surface area contributed by atoms with Crippen LogP contribution in [-0.2, 0) is 14.8 Å². The lowest BCUT2D eigenvalue weighted by atomic mass is 9.99. The van der Waals surface area contributed by atoms with Gasteiger partial charge in [0, 0.05) is 5.02 Å². The van der Waals surface area contributed by atoms with E-state index in [0.29, 0.717) is 17.1 Å². The summed E-state index contributed by atoms with van der Waals surface area (Å²) in [6.07, 6.45) is 1.44. The van der Waals surface area contributed by atoms with Crippen molar-refractivity contribution in [3.63, 3.8) is 0 Å². The third kappa shape index (κ3) is 5.26. The third-order valence-corrected chi connectivity index (χ3v) is 6.10. The number of rotatable bonds is 7. The molecule has 0 radical (unpaired) electrons. The number of halogens is 1. The van der Waals surface area contributed by atoms with Crippen LogP contribution in [0, 0.1) is 13.8 Å². The van der Waals surface area contributed by atoms with Crippen LogP contribution < -0.4 is 9.62 Å². The minimum Gasteiger partial charge on any atom is -0.348 e. The maximum absolute atomic E-state index is 13.0. The summed E-state index contributed by atoms with van der Waals surface area (Å²) in [7, 11) is -3.67. The van der Waals surface area contributed by atoms with Gasteiger partial charge >= 0.3 is 0 Å². The van der Waals surface area contributed by atoms with Gasteiger partial charge in [-0.2, -0.15) is 0 Å². The van der Waals surface area contributed by atoms with Crippen LogP contribution in [0.1, 0.15) is 43.0 Å². The van der Waals surface area contributed by atoms with Gasteiger partial charge in [-0.25, -0.2) is 8.42 Å². The average Bonchev–Trinajstić information content (AvgIpc) is 2.61. The predicted molar refractivity (Wildman–Crippen MR) is 115 cm³/mol. The number of nitrogens with one attached hydrogen (secondary N) is 1. The molecule has 152 valence electrons. The second-order valence-corrected chi connectivity index (χ2v) is 9.35. The summed E-state index contributed by atoms with van der Waals surface area (Å²) in [6, 6.07) is 11.4. The number of nitrogens with zero attached hydrogens (tertiary/aromatic N) is 1. The molecule has 0 fully saturated rings. The number of anilines is 1. The van der Waals surface area contributed by atoms with E-state index in [1.54, 1.807) is 31.2 Å². The summed E-state index contributed by atoms with van der Waals surface area (Å²) in [5.74, 6) is -0.337. The molecule has 0 aromatic heterocycles. The fraction of sp³-hybridized carbons (Fsp3) is 0.381. The molecular weight excluding hydrogens is 396 g/mol. The topological polar surface area (TPSA) is 66.5 Å². The molecule has 7 heteroatoms. The monoisotopic (exact) mass is 422 g/mol. The SMILES string of the molecule is CC[C@@H](C(=O)N[C@H](C)c1cc(C)ccc1C)N(c1ccc(Cl)cc1)S(C)(=O)=O. The molecule has 2 rings (SSSR count). The van der Waals surface area contributed by atoms with E-state index < -0.39 is 16.1 Å². The van der Waals surface area contributed by atoms with Crippen LogP contribution >= 0.6 is 11.6 Å². The molecule has 0 spiro atoms. The fourth-order valence-corrected chi connectivity index (χ4v) is 4.60. The van der Waals surface area contributed by atoms with Crippen LogP contribution in [0.5, 0.6) is 0 Å². The number of benzene rings is 2. The first-order chi connectivity index (χ1) is 13.0. The zero-order valence-electron chi connectivity index (χ0n) is 16.9. The van der Waals surface area contributed by atoms with Crippen molar-refractivity contribution in [3.05, 3.63) is 64.2 Å². The van der Waals surface area contributed by atoms with E-state index in [1.807, 2.05) is 39.0 Å². The Morgan fingerprint density at radius 2 is 1.75 bits per heavy atom. The molecule has 28 heavy (non-hydrogen) atoms. The minimum absolute atomic E-state index is 0.243. The van der Waals surface area contributed by atoms with Crippen molar-refractivity contribution in [1.29, 1.82) is 0 Å². The van der Waals surface area contributed by atoms with Crippen molar-refractivity contribution in [2.24, 2.45) is 0 Å². The van der Waals surface area contributed by atoms with Crippen molar-refractivity contribution in [2.45, 2.75) is 46.2 Å². The van der Waals surface area contributed by atoms with Gasteiger partial charge in [-0.15, -0.1) is 0 Å². The van der Waals surface area contributed by atoms with Crippen LogP contribution in [0.4, 0.5) is 5.69 Å². The molecule has 0 unspecified atom stereocenters. The molecule has 0 saturated heterocycles. The molecule has 0 aliphatic heterocycles. The first-order valence-corrected chi connectivity index (χ1v) is 11.4. The quantitative estimate of drug-likeness (QED) is 0.720. The van der Waals surface area contributed by atoms with Gasteiger partial charge in [0.1, 0.15) is 6.04 Å². The number of aryl methyl sites for hydroxylation is 2. The second kappa shape index (κ2) is 8.97. The van der Waals surface area contributed by atoms with Gasteiger partial charge in [0.15, 0.2) is 0 Å². The van der Waals surface area contributed by atoms with E-state index in [1.165, 1.54) is 0 Å². The zero-order valence-corrected chi connectivity index (χ0v) is 18.4. The number of hydrogen-bond acceptors (Lipinski definition) is 3. The number of carbonyl (C=O) groups is 1.